The van der Waals surface area contributed by atoms with Gasteiger partial charge in [-0.1, -0.05) is 44.9 Å². The zero-order valence-corrected chi connectivity index (χ0v) is 11.5. The van der Waals surface area contributed by atoms with E-state index in [9.17, 15) is 9.59 Å². The molecule has 1 N–H and O–H groups in total. The van der Waals surface area contributed by atoms with Crippen molar-refractivity contribution in [1.82, 2.24) is 0 Å². The Labute approximate surface area is 110 Å². The Morgan fingerprint density at radius 3 is 1.72 bits per heavy atom. The van der Waals surface area contributed by atoms with E-state index >= 15 is 0 Å². The van der Waals surface area contributed by atoms with Crippen molar-refractivity contribution in [2.24, 2.45) is 0 Å². The molecule has 0 saturated heterocycles. The molecule has 0 aromatic heterocycles. The lowest BCUT2D eigenvalue weighted by atomic mass is 10.1. The van der Waals surface area contributed by atoms with Crippen molar-refractivity contribution in [2.75, 3.05) is 6.61 Å². The summed E-state index contributed by atoms with van der Waals surface area (Å²) in [6.45, 7) is 1.98. The highest BCUT2D eigenvalue weighted by Gasteiger charge is 1.97. The van der Waals surface area contributed by atoms with Gasteiger partial charge in [-0.25, -0.2) is 0 Å². The molecule has 0 heterocycles. The molecule has 0 spiro atoms. The van der Waals surface area contributed by atoms with Gasteiger partial charge < -0.3 is 9.84 Å². The van der Waals surface area contributed by atoms with E-state index in [0.29, 0.717) is 13.0 Å². The fraction of sp³-hybridized carbons (Fsp3) is 0.857. The van der Waals surface area contributed by atoms with Crippen LogP contribution < -0.4 is 0 Å². The second-order valence-electron chi connectivity index (χ2n) is 4.67. The monoisotopic (exact) mass is 258 g/mol. The summed E-state index contributed by atoms with van der Waals surface area (Å²) in [6.07, 6.45) is 10.2. The molecule has 106 valence electrons. The van der Waals surface area contributed by atoms with E-state index < -0.39 is 5.97 Å². The molecule has 0 aliphatic carbocycles. The summed E-state index contributed by atoms with van der Waals surface area (Å²) in [7, 11) is 0. The fourth-order valence-corrected chi connectivity index (χ4v) is 1.83. The lowest BCUT2D eigenvalue weighted by Gasteiger charge is -2.03. The third kappa shape index (κ3) is 14.9. The van der Waals surface area contributed by atoms with Gasteiger partial charge in [0.2, 0.25) is 0 Å². The Bertz CT molecular complexity index is 202. The Balaban J connectivity index is 2.99. The Morgan fingerprint density at radius 1 is 0.833 bits per heavy atom. The molecule has 0 saturated carbocycles. The smallest absolute Gasteiger partial charge is 0.303 e. The van der Waals surface area contributed by atoms with Crippen LogP contribution in [0.5, 0.6) is 0 Å². The molecule has 4 heteroatoms. The first-order valence-corrected chi connectivity index (χ1v) is 6.98. The lowest BCUT2D eigenvalue weighted by Crippen LogP contribution is -2.00. The third-order valence-electron chi connectivity index (χ3n) is 2.84. The molecule has 0 fully saturated rings. The zero-order valence-electron chi connectivity index (χ0n) is 11.5. The highest BCUT2D eigenvalue weighted by atomic mass is 16.5. The number of ether oxygens (including phenoxy) is 1. The molecule has 0 aromatic rings. The number of aliphatic carboxylic acids is 1. The number of rotatable bonds is 12. The predicted molar refractivity (Wildman–Crippen MR) is 70.4 cm³/mol. The molecule has 0 radical (unpaired) electrons. The van der Waals surface area contributed by atoms with Crippen LogP contribution in [0.3, 0.4) is 0 Å². The maximum absolute atomic E-state index is 10.5. The van der Waals surface area contributed by atoms with Gasteiger partial charge in [0.15, 0.2) is 0 Å². The minimum absolute atomic E-state index is 0.198. The number of carboxylic acid groups (broad SMARTS) is 1. The third-order valence-corrected chi connectivity index (χ3v) is 2.84. The van der Waals surface area contributed by atoms with Crippen LogP contribution in [-0.4, -0.2) is 23.7 Å². The van der Waals surface area contributed by atoms with Crippen molar-refractivity contribution < 1.29 is 19.4 Å². The topological polar surface area (TPSA) is 63.6 Å². The molecule has 18 heavy (non-hydrogen) atoms. The van der Waals surface area contributed by atoms with Crippen LogP contribution in [0.25, 0.3) is 0 Å². The molecule has 0 unspecified atom stereocenters. The maximum atomic E-state index is 10.5. The molecule has 0 aliphatic rings. The second kappa shape index (κ2) is 12.4. The molecule has 0 amide bonds. The van der Waals surface area contributed by atoms with Gasteiger partial charge in [0.25, 0.3) is 0 Å². The number of hydrogen-bond donors (Lipinski definition) is 1. The van der Waals surface area contributed by atoms with Gasteiger partial charge >= 0.3 is 11.9 Å². The van der Waals surface area contributed by atoms with Crippen LogP contribution in [0.15, 0.2) is 0 Å². The van der Waals surface area contributed by atoms with E-state index in [4.69, 9.17) is 9.84 Å². The normalized spacial score (nSPS) is 10.3. The molecule has 4 nitrogen and oxygen atoms in total. The van der Waals surface area contributed by atoms with Gasteiger partial charge in [0.1, 0.15) is 0 Å². The standard InChI is InChI=1S/C14H26O4/c1-13(15)18-12-10-8-6-4-2-3-5-7-9-11-14(16)17/h2-12H2,1H3,(H,16,17). The average molecular weight is 258 g/mol. The van der Waals surface area contributed by atoms with Crippen molar-refractivity contribution in [2.45, 2.75) is 71.1 Å². The number of carbonyl (C=O) groups excluding carboxylic acids is 1. The molecular weight excluding hydrogens is 232 g/mol. The number of carboxylic acids is 1. The summed E-state index contributed by atoms with van der Waals surface area (Å²) < 4.78 is 4.85. The number of esters is 1. The molecule has 0 aliphatic heterocycles. The van der Waals surface area contributed by atoms with E-state index in [1.807, 2.05) is 0 Å². The maximum Gasteiger partial charge on any atom is 0.303 e. The van der Waals surface area contributed by atoms with Crippen LogP contribution in [0.1, 0.15) is 71.1 Å². The van der Waals surface area contributed by atoms with Crippen molar-refractivity contribution >= 4 is 11.9 Å². The van der Waals surface area contributed by atoms with E-state index in [-0.39, 0.29) is 5.97 Å². The molecule has 0 atom stereocenters. The summed E-state index contributed by atoms with van der Waals surface area (Å²) in [4.78, 5) is 20.8. The zero-order chi connectivity index (χ0) is 13.6. The minimum Gasteiger partial charge on any atom is -0.481 e. The van der Waals surface area contributed by atoms with Gasteiger partial charge in [-0.3, -0.25) is 9.59 Å². The van der Waals surface area contributed by atoms with E-state index in [1.54, 1.807) is 0 Å². The summed E-state index contributed by atoms with van der Waals surface area (Å²) in [5.74, 6) is -0.890. The SMILES string of the molecule is CC(=O)OCCCCCCCCCCCC(=O)O. The van der Waals surface area contributed by atoms with Crippen molar-refractivity contribution in [1.29, 1.82) is 0 Å². The Kier molecular flexibility index (Phi) is 11.7. The van der Waals surface area contributed by atoms with Crippen LogP contribution in [-0.2, 0) is 14.3 Å². The largest absolute Gasteiger partial charge is 0.481 e. The molecule has 0 aromatic carbocycles. The van der Waals surface area contributed by atoms with Crippen molar-refractivity contribution in [3.8, 4) is 0 Å². The number of hydrogen-bond acceptors (Lipinski definition) is 3. The van der Waals surface area contributed by atoms with Crippen LogP contribution in [0.4, 0.5) is 0 Å². The van der Waals surface area contributed by atoms with Gasteiger partial charge in [-0.2, -0.15) is 0 Å². The van der Waals surface area contributed by atoms with Gasteiger partial charge in [0, 0.05) is 13.3 Å². The van der Waals surface area contributed by atoms with Crippen molar-refractivity contribution in [3.63, 3.8) is 0 Å². The van der Waals surface area contributed by atoms with Crippen LogP contribution in [0, 0.1) is 0 Å². The quantitative estimate of drug-likeness (QED) is 0.429. The minimum atomic E-state index is -0.692. The van der Waals surface area contributed by atoms with E-state index in [2.05, 4.69) is 0 Å². The first-order chi connectivity index (χ1) is 8.63. The van der Waals surface area contributed by atoms with Gasteiger partial charge in [0.05, 0.1) is 6.61 Å². The first kappa shape index (κ1) is 16.9. The average Bonchev–Trinajstić information content (AvgIpc) is 2.29. The van der Waals surface area contributed by atoms with Crippen LogP contribution in [0.2, 0.25) is 0 Å². The number of carbonyl (C=O) groups is 2. The Hall–Kier alpha value is -1.06. The van der Waals surface area contributed by atoms with Crippen LogP contribution >= 0.6 is 0 Å². The number of unbranched alkanes of at least 4 members (excludes halogenated alkanes) is 8. The first-order valence-electron chi connectivity index (χ1n) is 6.98. The van der Waals surface area contributed by atoms with Gasteiger partial charge in [-0.05, 0) is 12.8 Å². The van der Waals surface area contributed by atoms with E-state index in [1.165, 1.54) is 32.6 Å². The highest BCUT2D eigenvalue weighted by molar-refractivity contribution is 5.66. The fourth-order valence-electron chi connectivity index (χ4n) is 1.83. The van der Waals surface area contributed by atoms with Crippen molar-refractivity contribution in [3.05, 3.63) is 0 Å². The van der Waals surface area contributed by atoms with Gasteiger partial charge in [-0.15, -0.1) is 0 Å². The predicted octanol–water partition coefficient (Wildman–Crippen LogP) is 3.54. The summed E-state index contributed by atoms with van der Waals surface area (Å²) in [6, 6.07) is 0. The Morgan fingerprint density at radius 2 is 1.28 bits per heavy atom. The molecular formula is C14H26O4. The molecule has 0 rings (SSSR count). The highest BCUT2D eigenvalue weighted by Crippen LogP contribution is 2.10. The van der Waals surface area contributed by atoms with E-state index in [0.717, 1.165) is 32.1 Å². The second-order valence-corrected chi connectivity index (χ2v) is 4.67. The summed E-state index contributed by atoms with van der Waals surface area (Å²) in [5.41, 5.74) is 0. The summed E-state index contributed by atoms with van der Waals surface area (Å²) in [5, 5.41) is 8.46. The summed E-state index contributed by atoms with van der Waals surface area (Å²) >= 11 is 0. The lowest BCUT2D eigenvalue weighted by molar-refractivity contribution is -0.141. The molecule has 0 bridgehead atoms.